The molecule has 0 aromatic carbocycles. The van der Waals surface area contributed by atoms with Gasteiger partial charge in [-0.1, -0.05) is 11.6 Å². The van der Waals surface area contributed by atoms with E-state index in [0.717, 1.165) is 11.1 Å². The third kappa shape index (κ3) is 3.67. The molecule has 0 saturated carbocycles. The Morgan fingerprint density at radius 1 is 1.52 bits per heavy atom. The highest BCUT2D eigenvalue weighted by Crippen LogP contribution is 2.22. The van der Waals surface area contributed by atoms with Crippen molar-refractivity contribution in [3.8, 4) is 0 Å². The smallest absolute Gasteiger partial charge is 0.300 e. The van der Waals surface area contributed by atoms with Gasteiger partial charge >= 0.3 is 0 Å². The van der Waals surface area contributed by atoms with E-state index in [1.807, 2.05) is 0 Å². The minimum atomic E-state index is -0.636. The summed E-state index contributed by atoms with van der Waals surface area (Å²) in [6.07, 6.45) is 1.06. The lowest BCUT2D eigenvalue weighted by molar-refractivity contribution is -0.385. The van der Waals surface area contributed by atoms with Gasteiger partial charge in [0.1, 0.15) is 17.6 Å². The number of carbonyl (C=O) groups excluding carboxylic acids is 1. The van der Waals surface area contributed by atoms with E-state index in [0.29, 0.717) is 10.2 Å². The zero-order chi connectivity index (χ0) is 15.4. The number of aromatic nitrogens is 1. The fourth-order valence-corrected chi connectivity index (χ4v) is 2.65. The SMILES string of the molecule is CNc1cc(C(=O)NCc2ccc(Cl)s2)c([N+](=O)[O-])cn1. The number of hydrogen-bond acceptors (Lipinski definition) is 6. The van der Waals surface area contributed by atoms with Gasteiger partial charge < -0.3 is 10.6 Å². The molecule has 0 aliphatic heterocycles. The van der Waals surface area contributed by atoms with Crippen LogP contribution in [0.15, 0.2) is 24.4 Å². The summed E-state index contributed by atoms with van der Waals surface area (Å²) in [4.78, 5) is 27.1. The lowest BCUT2D eigenvalue weighted by Crippen LogP contribution is -2.23. The summed E-state index contributed by atoms with van der Waals surface area (Å²) in [5.41, 5.74) is -0.377. The summed E-state index contributed by atoms with van der Waals surface area (Å²) in [6, 6.07) is 4.85. The Hall–Kier alpha value is -2.19. The number of nitro groups is 1. The van der Waals surface area contributed by atoms with E-state index in [1.165, 1.54) is 17.4 Å². The van der Waals surface area contributed by atoms with Crippen LogP contribution < -0.4 is 10.6 Å². The van der Waals surface area contributed by atoms with Crippen LogP contribution in [0.3, 0.4) is 0 Å². The number of thiophene rings is 1. The maximum absolute atomic E-state index is 12.1. The van der Waals surface area contributed by atoms with Crippen LogP contribution in [0, 0.1) is 10.1 Å². The second-order valence-electron chi connectivity index (χ2n) is 3.98. The minimum Gasteiger partial charge on any atom is -0.373 e. The van der Waals surface area contributed by atoms with Crippen LogP contribution in [0.2, 0.25) is 4.34 Å². The molecule has 0 spiro atoms. The van der Waals surface area contributed by atoms with Gasteiger partial charge in [0.2, 0.25) is 0 Å². The number of pyridine rings is 1. The molecule has 0 radical (unpaired) electrons. The molecule has 2 aromatic heterocycles. The van der Waals surface area contributed by atoms with E-state index in [1.54, 1.807) is 19.2 Å². The van der Waals surface area contributed by atoms with E-state index < -0.39 is 10.8 Å². The molecule has 2 heterocycles. The summed E-state index contributed by atoms with van der Waals surface area (Å²) in [5, 5.41) is 16.3. The molecule has 0 saturated heterocycles. The van der Waals surface area contributed by atoms with Gasteiger partial charge in [-0.3, -0.25) is 14.9 Å². The van der Waals surface area contributed by atoms with Crippen LogP contribution >= 0.6 is 22.9 Å². The van der Waals surface area contributed by atoms with Gasteiger partial charge in [0.25, 0.3) is 11.6 Å². The third-order valence-electron chi connectivity index (χ3n) is 2.63. The molecule has 0 fully saturated rings. The minimum absolute atomic E-state index is 0.0398. The number of rotatable bonds is 5. The van der Waals surface area contributed by atoms with Crippen molar-refractivity contribution in [1.29, 1.82) is 0 Å². The molecule has 0 aliphatic rings. The highest BCUT2D eigenvalue weighted by Gasteiger charge is 2.21. The molecular weight excluding hydrogens is 316 g/mol. The van der Waals surface area contributed by atoms with Gasteiger partial charge in [-0.05, 0) is 12.1 Å². The van der Waals surface area contributed by atoms with Crippen LogP contribution in [0.25, 0.3) is 0 Å². The molecule has 21 heavy (non-hydrogen) atoms. The highest BCUT2D eigenvalue weighted by atomic mass is 35.5. The maximum atomic E-state index is 12.1. The van der Waals surface area contributed by atoms with Crippen molar-refractivity contribution in [2.45, 2.75) is 6.54 Å². The Bertz CT molecular complexity index is 689. The lowest BCUT2D eigenvalue weighted by Gasteiger charge is -2.06. The fourth-order valence-electron chi connectivity index (χ4n) is 1.62. The Morgan fingerprint density at radius 2 is 2.29 bits per heavy atom. The van der Waals surface area contributed by atoms with Gasteiger partial charge in [0, 0.05) is 18.0 Å². The molecule has 0 bridgehead atoms. The van der Waals surface area contributed by atoms with Gasteiger partial charge in [0.05, 0.1) is 15.8 Å². The number of hydrogen-bond donors (Lipinski definition) is 2. The monoisotopic (exact) mass is 326 g/mol. The van der Waals surface area contributed by atoms with Crippen LogP contribution in [0.4, 0.5) is 11.5 Å². The van der Waals surface area contributed by atoms with E-state index in [2.05, 4.69) is 15.6 Å². The van der Waals surface area contributed by atoms with E-state index in [4.69, 9.17) is 11.6 Å². The lowest BCUT2D eigenvalue weighted by atomic mass is 10.2. The quantitative estimate of drug-likeness (QED) is 0.650. The molecule has 1 amide bonds. The summed E-state index contributed by atoms with van der Waals surface area (Å²) in [6.45, 7) is 0.255. The Kier molecular flexibility index (Phi) is 4.71. The van der Waals surface area contributed by atoms with Gasteiger partial charge in [-0.15, -0.1) is 11.3 Å². The molecule has 110 valence electrons. The van der Waals surface area contributed by atoms with Crippen molar-refractivity contribution >= 4 is 40.4 Å². The van der Waals surface area contributed by atoms with Crippen LogP contribution in [-0.2, 0) is 6.54 Å². The number of nitrogens with zero attached hydrogens (tertiary/aromatic N) is 2. The normalized spacial score (nSPS) is 10.2. The summed E-state index contributed by atoms with van der Waals surface area (Å²) >= 11 is 7.13. The van der Waals surface area contributed by atoms with E-state index in [9.17, 15) is 14.9 Å². The second-order valence-corrected chi connectivity index (χ2v) is 5.78. The number of amides is 1. The Morgan fingerprint density at radius 3 is 2.86 bits per heavy atom. The molecule has 0 aliphatic carbocycles. The van der Waals surface area contributed by atoms with Crippen molar-refractivity contribution in [1.82, 2.24) is 10.3 Å². The van der Waals surface area contributed by atoms with Crippen molar-refractivity contribution in [3.05, 3.63) is 49.3 Å². The number of halogens is 1. The maximum Gasteiger partial charge on any atom is 0.300 e. The summed E-state index contributed by atoms with van der Waals surface area (Å²) in [5.74, 6) is -0.157. The zero-order valence-electron chi connectivity index (χ0n) is 10.9. The predicted octanol–water partition coefficient (Wildman–Crippen LogP) is 2.68. The van der Waals surface area contributed by atoms with Crippen LogP contribution in [0.5, 0.6) is 0 Å². The van der Waals surface area contributed by atoms with Crippen LogP contribution in [-0.4, -0.2) is 22.9 Å². The molecular formula is C12H11ClN4O3S. The van der Waals surface area contributed by atoms with Crippen molar-refractivity contribution < 1.29 is 9.72 Å². The number of carbonyl (C=O) groups is 1. The third-order valence-corrected chi connectivity index (χ3v) is 3.86. The highest BCUT2D eigenvalue weighted by molar-refractivity contribution is 7.16. The first-order valence-corrected chi connectivity index (χ1v) is 7.05. The zero-order valence-corrected chi connectivity index (χ0v) is 12.5. The summed E-state index contributed by atoms with van der Waals surface area (Å²) in [7, 11) is 1.61. The molecule has 2 N–H and O–H groups in total. The molecule has 9 heteroatoms. The standard InChI is InChI=1S/C12H11ClN4O3S/c1-14-11-4-8(9(6-15-11)17(19)20)12(18)16-5-7-2-3-10(13)21-7/h2-4,6H,5H2,1H3,(H,14,15)(H,16,18). The van der Waals surface area contributed by atoms with E-state index in [-0.39, 0.29) is 17.8 Å². The van der Waals surface area contributed by atoms with Crippen LogP contribution in [0.1, 0.15) is 15.2 Å². The summed E-state index contributed by atoms with van der Waals surface area (Å²) < 4.78 is 0.617. The molecule has 0 atom stereocenters. The molecule has 0 unspecified atom stereocenters. The van der Waals surface area contributed by atoms with Crippen molar-refractivity contribution in [3.63, 3.8) is 0 Å². The topological polar surface area (TPSA) is 97.2 Å². The second kappa shape index (κ2) is 6.51. The number of anilines is 1. The van der Waals surface area contributed by atoms with E-state index >= 15 is 0 Å². The average Bonchev–Trinajstić information content (AvgIpc) is 2.89. The first kappa shape index (κ1) is 15.2. The van der Waals surface area contributed by atoms with Gasteiger partial charge in [-0.25, -0.2) is 4.98 Å². The van der Waals surface area contributed by atoms with Gasteiger partial charge in [-0.2, -0.15) is 0 Å². The largest absolute Gasteiger partial charge is 0.373 e. The van der Waals surface area contributed by atoms with Gasteiger partial charge in [0.15, 0.2) is 0 Å². The molecule has 7 nitrogen and oxygen atoms in total. The fraction of sp³-hybridized carbons (Fsp3) is 0.167. The Balaban J connectivity index is 2.19. The first-order valence-electron chi connectivity index (χ1n) is 5.86. The average molecular weight is 327 g/mol. The Labute approximate surface area is 129 Å². The number of nitrogens with one attached hydrogen (secondary N) is 2. The first-order chi connectivity index (χ1) is 10.0. The molecule has 2 aromatic rings. The predicted molar refractivity (Wildman–Crippen MR) is 80.9 cm³/mol. The molecule has 2 rings (SSSR count). The van der Waals surface area contributed by atoms with Crippen molar-refractivity contribution in [2.24, 2.45) is 0 Å². The van der Waals surface area contributed by atoms with Crippen molar-refractivity contribution in [2.75, 3.05) is 12.4 Å².